The van der Waals surface area contributed by atoms with Crippen molar-refractivity contribution in [2.75, 3.05) is 25.0 Å². The summed E-state index contributed by atoms with van der Waals surface area (Å²) in [5.74, 6) is 0.148. The van der Waals surface area contributed by atoms with Crippen molar-refractivity contribution in [2.45, 2.75) is 37.5 Å². The van der Waals surface area contributed by atoms with Gasteiger partial charge in [0.2, 0.25) is 15.9 Å². The number of hydrogen-bond donors (Lipinski definition) is 1. The summed E-state index contributed by atoms with van der Waals surface area (Å²) in [6.45, 7) is 3.25. The zero-order chi connectivity index (χ0) is 24.4. The van der Waals surface area contributed by atoms with Crippen LogP contribution in [0, 0.1) is 0 Å². The van der Waals surface area contributed by atoms with Crippen molar-refractivity contribution in [1.82, 2.24) is 4.31 Å². The Balaban J connectivity index is 1.44. The average molecular weight is 493 g/mol. The van der Waals surface area contributed by atoms with Crippen LogP contribution >= 0.6 is 0 Å². The molecule has 2 heterocycles. The second-order valence-corrected chi connectivity index (χ2v) is 10.6. The number of furan rings is 1. The molecule has 0 spiro atoms. The van der Waals surface area contributed by atoms with Crippen LogP contribution < -0.4 is 10.1 Å². The molecule has 1 aliphatic heterocycles. The van der Waals surface area contributed by atoms with E-state index in [0.717, 1.165) is 46.6 Å². The predicted molar refractivity (Wildman–Crippen MR) is 136 cm³/mol. The van der Waals surface area contributed by atoms with Crippen molar-refractivity contribution in [3.8, 4) is 5.75 Å². The summed E-state index contributed by atoms with van der Waals surface area (Å²) in [6, 6.07) is 16.5. The molecule has 35 heavy (non-hydrogen) atoms. The van der Waals surface area contributed by atoms with Gasteiger partial charge in [-0.1, -0.05) is 36.8 Å². The first kappa shape index (κ1) is 23.4. The number of sulfonamides is 1. The minimum atomic E-state index is -3.64. The molecule has 1 N–H and O–H groups in total. The van der Waals surface area contributed by atoms with Crippen LogP contribution in [0.1, 0.15) is 31.7 Å². The van der Waals surface area contributed by atoms with Crippen molar-refractivity contribution < 1.29 is 22.4 Å². The lowest BCUT2D eigenvalue weighted by atomic mass is 10.0. The molecular weight excluding hydrogens is 464 g/mol. The molecule has 3 aromatic carbocycles. The minimum Gasteiger partial charge on any atom is -0.492 e. The summed E-state index contributed by atoms with van der Waals surface area (Å²) < 4.78 is 39.3. The minimum absolute atomic E-state index is 0.0790. The Labute approximate surface area is 204 Å². The van der Waals surface area contributed by atoms with Gasteiger partial charge in [0.15, 0.2) is 0 Å². The van der Waals surface area contributed by atoms with E-state index >= 15 is 0 Å². The Hall–Kier alpha value is -3.36. The van der Waals surface area contributed by atoms with E-state index in [1.165, 1.54) is 10.4 Å². The third kappa shape index (κ3) is 4.63. The lowest BCUT2D eigenvalue weighted by Crippen LogP contribution is -2.35. The quantitative estimate of drug-likeness (QED) is 0.376. The fourth-order valence-electron chi connectivity index (χ4n) is 4.67. The molecule has 1 aromatic heterocycles. The first-order valence-corrected chi connectivity index (χ1v) is 13.4. The molecule has 0 aliphatic carbocycles. The summed E-state index contributed by atoms with van der Waals surface area (Å²) in [5, 5.41) is 5.87. The van der Waals surface area contributed by atoms with Crippen molar-refractivity contribution >= 4 is 43.4 Å². The number of amides is 1. The second kappa shape index (κ2) is 9.71. The molecule has 1 aliphatic rings. The van der Waals surface area contributed by atoms with Gasteiger partial charge >= 0.3 is 0 Å². The fourth-order valence-corrected chi connectivity index (χ4v) is 6.22. The molecule has 0 radical (unpaired) electrons. The van der Waals surface area contributed by atoms with Gasteiger partial charge in [-0.3, -0.25) is 4.79 Å². The number of piperidine rings is 1. The third-order valence-electron chi connectivity index (χ3n) is 6.37. The molecule has 182 valence electrons. The smallest absolute Gasteiger partial charge is 0.243 e. The molecule has 1 amide bonds. The lowest BCUT2D eigenvalue weighted by molar-refractivity contribution is -0.115. The van der Waals surface area contributed by atoms with Gasteiger partial charge in [0.05, 0.1) is 29.9 Å². The van der Waals surface area contributed by atoms with Crippen LogP contribution in [0.2, 0.25) is 0 Å². The molecule has 7 nitrogen and oxygen atoms in total. The highest BCUT2D eigenvalue weighted by Crippen LogP contribution is 2.32. The summed E-state index contributed by atoms with van der Waals surface area (Å²) in [5.41, 5.74) is 1.83. The summed E-state index contributed by atoms with van der Waals surface area (Å²) in [6.07, 6.45) is 4.43. The molecule has 4 aromatic rings. The Morgan fingerprint density at radius 2 is 1.86 bits per heavy atom. The van der Waals surface area contributed by atoms with Gasteiger partial charge in [-0.25, -0.2) is 8.42 Å². The maximum atomic E-state index is 13.2. The number of hydrogen-bond acceptors (Lipinski definition) is 5. The Morgan fingerprint density at radius 1 is 1.06 bits per heavy atom. The lowest BCUT2D eigenvalue weighted by Gasteiger charge is -2.26. The van der Waals surface area contributed by atoms with Crippen LogP contribution in [0.15, 0.2) is 70.2 Å². The van der Waals surface area contributed by atoms with E-state index in [1.54, 1.807) is 18.4 Å². The van der Waals surface area contributed by atoms with E-state index in [4.69, 9.17) is 9.15 Å². The zero-order valence-corrected chi connectivity index (χ0v) is 20.4. The van der Waals surface area contributed by atoms with Crippen LogP contribution in [0.4, 0.5) is 5.69 Å². The van der Waals surface area contributed by atoms with Gasteiger partial charge in [-0.15, -0.1) is 0 Å². The highest BCUT2D eigenvalue weighted by molar-refractivity contribution is 7.89. The number of benzene rings is 3. The highest BCUT2D eigenvalue weighted by Gasteiger charge is 2.27. The highest BCUT2D eigenvalue weighted by atomic mass is 32.2. The maximum Gasteiger partial charge on any atom is 0.243 e. The normalized spacial score (nSPS) is 14.9. The second-order valence-electron chi connectivity index (χ2n) is 8.70. The Bertz CT molecular complexity index is 1490. The summed E-state index contributed by atoms with van der Waals surface area (Å²) in [7, 11) is -3.64. The SMILES string of the molecule is CCOc1ccc(S(=O)(=O)N2CCCCC2)cc1NC(=O)Cc1coc2ccc3ccccc3c12. The van der Waals surface area contributed by atoms with Crippen molar-refractivity contribution in [3.63, 3.8) is 0 Å². The molecule has 1 saturated heterocycles. The van der Waals surface area contributed by atoms with Gasteiger partial charge in [0.1, 0.15) is 11.3 Å². The van der Waals surface area contributed by atoms with E-state index in [1.807, 2.05) is 43.3 Å². The summed E-state index contributed by atoms with van der Waals surface area (Å²) >= 11 is 0. The number of nitrogens with zero attached hydrogens (tertiary/aromatic N) is 1. The van der Waals surface area contributed by atoms with Crippen LogP contribution in [-0.2, 0) is 21.2 Å². The van der Waals surface area contributed by atoms with Crippen molar-refractivity contribution in [2.24, 2.45) is 0 Å². The van der Waals surface area contributed by atoms with Gasteiger partial charge in [-0.05, 0) is 54.8 Å². The topological polar surface area (TPSA) is 88.9 Å². The van der Waals surface area contributed by atoms with Crippen LogP contribution in [0.5, 0.6) is 5.75 Å². The number of rotatable bonds is 7. The zero-order valence-electron chi connectivity index (χ0n) is 19.6. The van der Waals surface area contributed by atoms with Crippen LogP contribution in [0.3, 0.4) is 0 Å². The summed E-state index contributed by atoms with van der Waals surface area (Å²) in [4.78, 5) is 13.3. The van der Waals surface area contributed by atoms with Gasteiger partial charge in [0.25, 0.3) is 0 Å². The first-order valence-electron chi connectivity index (χ1n) is 11.9. The van der Waals surface area contributed by atoms with Crippen LogP contribution in [0.25, 0.3) is 21.7 Å². The number of ether oxygens (including phenoxy) is 1. The van der Waals surface area contributed by atoms with E-state index in [0.29, 0.717) is 31.1 Å². The average Bonchev–Trinajstić information content (AvgIpc) is 3.28. The standard InChI is InChI=1S/C27H28N2O5S/c1-2-33-24-13-11-21(35(31,32)29-14-6-3-7-15-29)17-23(24)28-26(30)16-20-18-34-25-12-10-19-8-4-5-9-22(19)27(20)25/h4-5,8-13,17-18H,2-3,6-7,14-16H2,1H3,(H,28,30). The Morgan fingerprint density at radius 3 is 2.66 bits per heavy atom. The molecular formula is C27H28N2O5S. The molecule has 5 rings (SSSR count). The molecule has 0 saturated carbocycles. The molecule has 8 heteroatoms. The molecule has 0 atom stereocenters. The number of fused-ring (bicyclic) bond motifs is 3. The van der Waals surface area contributed by atoms with Crippen LogP contribution in [-0.4, -0.2) is 38.3 Å². The largest absolute Gasteiger partial charge is 0.492 e. The van der Waals surface area contributed by atoms with Crippen molar-refractivity contribution in [1.29, 1.82) is 0 Å². The third-order valence-corrected chi connectivity index (χ3v) is 8.26. The van der Waals surface area contributed by atoms with Crippen molar-refractivity contribution in [3.05, 3.63) is 66.4 Å². The molecule has 0 bridgehead atoms. The first-order chi connectivity index (χ1) is 17.0. The van der Waals surface area contributed by atoms with E-state index in [-0.39, 0.29) is 17.2 Å². The molecule has 1 fully saturated rings. The van der Waals surface area contributed by atoms with Gasteiger partial charge < -0.3 is 14.5 Å². The van der Waals surface area contributed by atoms with Gasteiger partial charge in [-0.2, -0.15) is 4.31 Å². The number of anilines is 1. The van der Waals surface area contributed by atoms with E-state index < -0.39 is 10.0 Å². The number of nitrogens with one attached hydrogen (secondary N) is 1. The molecule has 0 unspecified atom stereocenters. The predicted octanol–water partition coefficient (Wildman–Crippen LogP) is 5.34. The maximum absolute atomic E-state index is 13.2. The van der Waals surface area contributed by atoms with E-state index in [9.17, 15) is 13.2 Å². The van der Waals surface area contributed by atoms with Gasteiger partial charge in [0, 0.05) is 24.0 Å². The number of carbonyl (C=O) groups is 1. The van der Waals surface area contributed by atoms with E-state index in [2.05, 4.69) is 5.32 Å². The number of carbonyl (C=O) groups excluding carboxylic acids is 1. The Kier molecular flexibility index (Phi) is 6.49. The fraction of sp³-hybridized carbons (Fsp3) is 0.296. The monoisotopic (exact) mass is 492 g/mol.